The average Bonchev–Trinajstić information content (AvgIpc) is 3.01. The highest BCUT2D eigenvalue weighted by atomic mass is 32.2. The Morgan fingerprint density at radius 2 is 1.85 bits per heavy atom. The van der Waals surface area contributed by atoms with Gasteiger partial charge in [-0.25, -0.2) is 4.68 Å². The highest BCUT2D eigenvalue weighted by Gasteiger charge is 2.15. The molecule has 0 atom stereocenters. The van der Waals surface area contributed by atoms with Crippen LogP contribution in [-0.2, 0) is 11.2 Å². The number of nitrogens with two attached hydrogens (primary N) is 1. The first-order chi connectivity index (χ1) is 12.6. The Balaban J connectivity index is 1.74. The molecule has 2 N–H and O–H groups in total. The maximum Gasteiger partial charge on any atom is 0.233 e. The van der Waals surface area contributed by atoms with Crippen LogP contribution in [0.1, 0.15) is 25.2 Å². The van der Waals surface area contributed by atoms with Gasteiger partial charge in [0.25, 0.3) is 0 Å². The highest BCUT2D eigenvalue weighted by Crippen LogP contribution is 2.22. The molecule has 26 heavy (non-hydrogen) atoms. The van der Waals surface area contributed by atoms with Crippen LogP contribution in [0.25, 0.3) is 10.8 Å². The van der Waals surface area contributed by atoms with Crippen molar-refractivity contribution in [2.24, 2.45) is 0 Å². The van der Waals surface area contributed by atoms with Crippen LogP contribution in [0.5, 0.6) is 0 Å². The SMILES string of the molecule is CCN(CC)C(=O)CSc1nnc(Cc2cccc3ccccc23)n1N. The van der Waals surface area contributed by atoms with E-state index in [1.165, 1.54) is 27.2 Å². The number of aromatic nitrogens is 3. The summed E-state index contributed by atoms with van der Waals surface area (Å²) >= 11 is 1.32. The van der Waals surface area contributed by atoms with E-state index in [-0.39, 0.29) is 5.91 Å². The zero-order chi connectivity index (χ0) is 18.5. The second kappa shape index (κ2) is 8.23. The summed E-state index contributed by atoms with van der Waals surface area (Å²) in [6.07, 6.45) is 0.593. The molecule has 0 unspecified atom stereocenters. The Morgan fingerprint density at radius 1 is 1.12 bits per heavy atom. The topological polar surface area (TPSA) is 77.0 Å². The molecule has 0 aliphatic carbocycles. The van der Waals surface area contributed by atoms with Crippen molar-refractivity contribution >= 4 is 28.4 Å². The van der Waals surface area contributed by atoms with E-state index in [9.17, 15) is 4.79 Å². The third-order valence-corrected chi connectivity index (χ3v) is 5.33. The van der Waals surface area contributed by atoms with Crippen molar-refractivity contribution in [1.29, 1.82) is 0 Å². The molecule has 1 amide bonds. The first-order valence-electron chi connectivity index (χ1n) is 8.70. The van der Waals surface area contributed by atoms with E-state index in [1.807, 2.05) is 32.0 Å². The second-order valence-electron chi connectivity index (χ2n) is 5.94. The van der Waals surface area contributed by atoms with Gasteiger partial charge in [0, 0.05) is 19.5 Å². The molecule has 1 heterocycles. The zero-order valence-electron chi connectivity index (χ0n) is 15.1. The molecule has 136 valence electrons. The molecular formula is C19H23N5OS. The summed E-state index contributed by atoms with van der Waals surface area (Å²) in [5.74, 6) is 7.24. The predicted octanol–water partition coefficient (Wildman–Crippen LogP) is 2.70. The largest absolute Gasteiger partial charge is 0.343 e. The van der Waals surface area contributed by atoms with Crippen molar-refractivity contribution in [2.75, 3.05) is 24.7 Å². The minimum Gasteiger partial charge on any atom is -0.343 e. The number of thioether (sulfide) groups is 1. The van der Waals surface area contributed by atoms with Crippen LogP contribution in [-0.4, -0.2) is 44.5 Å². The lowest BCUT2D eigenvalue weighted by Crippen LogP contribution is -2.32. The van der Waals surface area contributed by atoms with Crippen molar-refractivity contribution < 1.29 is 4.79 Å². The lowest BCUT2D eigenvalue weighted by Gasteiger charge is -2.17. The Labute approximate surface area is 157 Å². The quantitative estimate of drug-likeness (QED) is 0.512. The number of fused-ring (bicyclic) bond motifs is 1. The minimum atomic E-state index is 0.0820. The van der Waals surface area contributed by atoms with Crippen molar-refractivity contribution in [3.05, 3.63) is 53.9 Å². The van der Waals surface area contributed by atoms with E-state index in [4.69, 9.17) is 5.84 Å². The number of hydrogen-bond acceptors (Lipinski definition) is 5. The van der Waals surface area contributed by atoms with Crippen LogP contribution in [0, 0.1) is 0 Å². The Morgan fingerprint density at radius 3 is 2.62 bits per heavy atom. The molecular weight excluding hydrogens is 346 g/mol. The molecule has 0 aliphatic heterocycles. The lowest BCUT2D eigenvalue weighted by molar-refractivity contribution is -0.127. The average molecular weight is 369 g/mol. The summed E-state index contributed by atoms with van der Waals surface area (Å²) in [6.45, 7) is 5.36. The fraction of sp³-hybridized carbons (Fsp3) is 0.316. The molecule has 0 aliphatic rings. The highest BCUT2D eigenvalue weighted by molar-refractivity contribution is 7.99. The van der Waals surface area contributed by atoms with Gasteiger partial charge in [0.05, 0.1) is 5.75 Å². The number of hydrogen-bond donors (Lipinski definition) is 1. The minimum absolute atomic E-state index is 0.0820. The summed E-state index contributed by atoms with van der Waals surface area (Å²) in [7, 11) is 0. The summed E-state index contributed by atoms with van der Waals surface area (Å²) in [5, 5.41) is 11.3. The van der Waals surface area contributed by atoms with Gasteiger partial charge >= 0.3 is 0 Å². The fourth-order valence-electron chi connectivity index (χ4n) is 2.94. The van der Waals surface area contributed by atoms with Gasteiger partial charge < -0.3 is 10.7 Å². The first kappa shape index (κ1) is 18.3. The van der Waals surface area contributed by atoms with E-state index in [0.29, 0.717) is 36.2 Å². The van der Waals surface area contributed by atoms with E-state index >= 15 is 0 Å². The first-order valence-corrected chi connectivity index (χ1v) is 9.69. The molecule has 0 spiro atoms. The summed E-state index contributed by atoms with van der Waals surface area (Å²) in [5.41, 5.74) is 1.15. The van der Waals surface area contributed by atoms with Gasteiger partial charge in [-0.3, -0.25) is 4.79 Å². The van der Waals surface area contributed by atoms with Crippen LogP contribution in [0.4, 0.5) is 0 Å². The van der Waals surface area contributed by atoms with E-state index < -0.39 is 0 Å². The normalized spacial score (nSPS) is 11.0. The van der Waals surface area contributed by atoms with Gasteiger partial charge in [0.2, 0.25) is 11.1 Å². The number of rotatable bonds is 7. The van der Waals surface area contributed by atoms with Gasteiger partial charge in [-0.1, -0.05) is 54.2 Å². The molecule has 2 aromatic carbocycles. The molecule has 0 saturated heterocycles. The van der Waals surface area contributed by atoms with Gasteiger partial charge in [-0.05, 0) is 30.2 Å². The predicted molar refractivity (Wildman–Crippen MR) is 106 cm³/mol. The summed E-state index contributed by atoms with van der Waals surface area (Å²) < 4.78 is 1.49. The molecule has 0 bridgehead atoms. The van der Waals surface area contributed by atoms with Gasteiger partial charge in [0.1, 0.15) is 0 Å². The van der Waals surface area contributed by atoms with E-state index in [2.05, 4.69) is 34.5 Å². The third kappa shape index (κ3) is 3.83. The monoisotopic (exact) mass is 369 g/mol. The second-order valence-corrected chi connectivity index (χ2v) is 6.88. The van der Waals surface area contributed by atoms with E-state index in [1.54, 1.807) is 4.90 Å². The number of benzene rings is 2. The molecule has 7 heteroatoms. The molecule has 3 aromatic rings. The fourth-order valence-corrected chi connectivity index (χ4v) is 3.72. The number of carbonyl (C=O) groups is 1. The van der Waals surface area contributed by atoms with Crippen LogP contribution >= 0.6 is 11.8 Å². The molecule has 0 saturated carbocycles. The van der Waals surface area contributed by atoms with Crippen LogP contribution < -0.4 is 5.84 Å². The molecule has 3 rings (SSSR count). The van der Waals surface area contributed by atoms with Crippen LogP contribution in [0.3, 0.4) is 0 Å². The summed E-state index contributed by atoms with van der Waals surface area (Å²) in [6, 6.07) is 14.4. The maximum absolute atomic E-state index is 12.1. The number of nitrogens with zero attached hydrogens (tertiary/aromatic N) is 4. The number of carbonyl (C=O) groups excluding carboxylic acids is 1. The molecule has 6 nitrogen and oxygen atoms in total. The standard InChI is InChI=1S/C19H23N5OS/c1-3-23(4-2)18(25)13-26-19-22-21-17(24(19)20)12-15-10-7-9-14-8-5-6-11-16(14)15/h5-11H,3-4,12-13,20H2,1-2H3. The summed E-state index contributed by atoms with van der Waals surface area (Å²) in [4.78, 5) is 13.9. The number of nitrogen functional groups attached to an aromatic ring is 1. The Bertz CT molecular complexity index is 899. The van der Waals surface area contributed by atoms with Crippen molar-refractivity contribution in [3.8, 4) is 0 Å². The molecule has 1 aromatic heterocycles. The van der Waals surface area contributed by atoms with Crippen molar-refractivity contribution in [1.82, 2.24) is 19.8 Å². The van der Waals surface area contributed by atoms with Crippen LogP contribution in [0.2, 0.25) is 0 Å². The van der Waals surface area contributed by atoms with Crippen LogP contribution in [0.15, 0.2) is 47.6 Å². The smallest absolute Gasteiger partial charge is 0.233 e. The molecule has 0 fully saturated rings. The van der Waals surface area contributed by atoms with Gasteiger partial charge in [-0.15, -0.1) is 10.2 Å². The third-order valence-electron chi connectivity index (χ3n) is 4.40. The molecule has 0 radical (unpaired) electrons. The van der Waals surface area contributed by atoms with Gasteiger partial charge in [-0.2, -0.15) is 0 Å². The van der Waals surface area contributed by atoms with Crippen molar-refractivity contribution in [3.63, 3.8) is 0 Å². The lowest BCUT2D eigenvalue weighted by atomic mass is 10.0. The van der Waals surface area contributed by atoms with Crippen molar-refractivity contribution in [2.45, 2.75) is 25.4 Å². The Kier molecular flexibility index (Phi) is 5.78. The Hall–Kier alpha value is -2.54. The van der Waals surface area contributed by atoms with E-state index in [0.717, 1.165) is 5.56 Å². The van der Waals surface area contributed by atoms with Gasteiger partial charge in [0.15, 0.2) is 5.82 Å². The number of amides is 1. The zero-order valence-corrected chi connectivity index (χ0v) is 15.9. The maximum atomic E-state index is 12.1.